The molecule has 0 radical (unpaired) electrons. The van der Waals surface area contributed by atoms with Gasteiger partial charge in [-0.05, 0) is 43.9 Å². The Morgan fingerprint density at radius 3 is 2.58 bits per heavy atom. The number of carbonyl (C=O) groups is 2. The Morgan fingerprint density at radius 2 is 1.89 bits per heavy atom. The van der Waals surface area contributed by atoms with Gasteiger partial charge in [0, 0.05) is 38.7 Å². The summed E-state index contributed by atoms with van der Waals surface area (Å²) in [5.74, 6) is -4.09. The lowest BCUT2D eigenvalue weighted by Gasteiger charge is -2.40. The van der Waals surface area contributed by atoms with Gasteiger partial charge in [-0.25, -0.2) is 18.7 Å². The van der Waals surface area contributed by atoms with Gasteiger partial charge >= 0.3 is 6.11 Å². The smallest absolute Gasteiger partial charge is 0.394 e. The fourth-order valence-corrected chi connectivity index (χ4v) is 4.39. The van der Waals surface area contributed by atoms with Gasteiger partial charge < -0.3 is 19.9 Å². The van der Waals surface area contributed by atoms with Crippen molar-refractivity contribution in [2.24, 2.45) is 0 Å². The molecule has 1 unspecified atom stereocenters. The molecule has 4 heterocycles. The maximum atomic E-state index is 14.3. The molecule has 1 N–H and O–H groups in total. The Morgan fingerprint density at radius 1 is 1.17 bits per heavy atom. The van der Waals surface area contributed by atoms with Gasteiger partial charge in [-0.3, -0.25) is 9.59 Å². The number of carbonyl (C=O) groups excluding carboxylic acids is 2. The number of ether oxygens (including phenoxy) is 1. The summed E-state index contributed by atoms with van der Waals surface area (Å²) in [6.45, 7) is 2.43. The second-order valence-corrected chi connectivity index (χ2v) is 9.15. The van der Waals surface area contributed by atoms with E-state index in [0.717, 1.165) is 17.7 Å². The lowest BCUT2D eigenvalue weighted by atomic mass is 9.97. The second-order valence-electron chi connectivity index (χ2n) is 9.15. The summed E-state index contributed by atoms with van der Waals surface area (Å²) in [6, 6.07) is 4.61. The molecule has 0 bridgehead atoms. The maximum Gasteiger partial charge on any atom is 0.394 e. The van der Waals surface area contributed by atoms with Gasteiger partial charge in [0.15, 0.2) is 0 Å². The first-order valence-corrected chi connectivity index (χ1v) is 11.7. The van der Waals surface area contributed by atoms with E-state index in [2.05, 4.69) is 20.0 Å². The number of likely N-dealkylation sites (tertiary alicyclic amines) is 2. The number of nitrogens with zero attached hydrogens (tertiary/aromatic N) is 4. The number of anilines is 2. The Kier molecular flexibility index (Phi) is 7.05. The van der Waals surface area contributed by atoms with Crippen molar-refractivity contribution in [3.63, 3.8) is 0 Å². The van der Waals surface area contributed by atoms with E-state index in [4.69, 9.17) is 0 Å². The zero-order chi connectivity index (χ0) is 26.1. The number of halogens is 4. The molecule has 2 fully saturated rings. The highest BCUT2D eigenvalue weighted by atomic mass is 19.3. The van der Waals surface area contributed by atoms with E-state index in [-0.39, 0.29) is 35.4 Å². The highest BCUT2D eigenvalue weighted by Gasteiger charge is 2.46. The number of aryl methyl sites for hydroxylation is 1. The van der Waals surface area contributed by atoms with E-state index in [0.29, 0.717) is 25.6 Å². The fourth-order valence-electron chi connectivity index (χ4n) is 4.39. The summed E-state index contributed by atoms with van der Waals surface area (Å²) < 4.78 is 59.6. The quantitative estimate of drug-likeness (QED) is 0.582. The molecule has 2 saturated heterocycles. The SMILES string of the molecule is Cc1ccc(Nc2cc(OC(C)(F)F)ccn2)nc1C(=O)N1CC(F)(F)CCC1C(=O)N1CCCC1. The van der Waals surface area contributed by atoms with Crippen LogP contribution in [0.15, 0.2) is 30.5 Å². The fraction of sp³-hybridized carbons (Fsp3) is 0.500. The van der Waals surface area contributed by atoms with Crippen LogP contribution in [0.4, 0.5) is 29.2 Å². The van der Waals surface area contributed by atoms with Crippen LogP contribution in [0.2, 0.25) is 0 Å². The van der Waals surface area contributed by atoms with E-state index in [9.17, 15) is 27.2 Å². The van der Waals surface area contributed by atoms with E-state index in [1.54, 1.807) is 17.9 Å². The molecule has 194 valence electrons. The molecule has 0 spiro atoms. The summed E-state index contributed by atoms with van der Waals surface area (Å²) in [5, 5.41) is 2.81. The van der Waals surface area contributed by atoms with Gasteiger partial charge in [0.1, 0.15) is 29.1 Å². The first-order chi connectivity index (χ1) is 16.9. The minimum Gasteiger partial charge on any atom is -0.433 e. The molecule has 0 saturated carbocycles. The first kappa shape index (κ1) is 25.6. The Bertz CT molecular complexity index is 1130. The summed E-state index contributed by atoms with van der Waals surface area (Å²) in [6.07, 6.45) is -1.06. The number of alkyl halides is 4. The van der Waals surface area contributed by atoms with Crippen LogP contribution in [-0.4, -0.2) is 69.3 Å². The minimum absolute atomic E-state index is 0.0931. The van der Waals surface area contributed by atoms with E-state index in [1.807, 2.05) is 0 Å². The first-order valence-electron chi connectivity index (χ1n) is 11.7. The lowest BCUT2D eigenvalue weighted by Crippen LogP contribution is -2.57. The molecule has 0 aromatic carbocycles. The third-order valence-electron chi connectivity index (χ3n) is 6.11. The van der Waals surface area contributed by atoms with Crippen molar-refractivity contribution >= 4 is 23.5 Å². The predicted molar refractivity (Wildman–Crippen MR) is 123 cm³/mol. The van der Waals surface area contributed by atoms with E-state index < -0.39 is 36.9 Å². The molecule has 2 aromatic heterocycles. The summed E-state index contributed by atoms with van der Waals surface area (Å²) >= 11 is 0. The molecular weight excluding hydrogens is 482 g/mol. The number of hydrogen-bond donors (Lipinski definition) is 1. The van der Waals surface area contributed by atoms with E-state index in [1.165, 1.54) is 24.4 Å². The average Bonchev–Trinajstić information content (AvgIpc) is 3.33. The van der Waals surface area contributed by atoms with Gasteiger partial charge in [0.25, 0.3) is 11.8 Å². The van der Waals surface area contributed by atoms with Crippen LogP contribution in [-0.2, 0) is 4.79 Å². The average molecular weight is 510 g/mol. The molecule has 2 aliphatic rings. The number of piperidine rings is 1. The molecular formula is C24H27F4N5O3. The van der Waals surface area contributed by atoms with Crippen molar-refractivity contribution in [3.05, 3.63) is 41.7 Å². The molecule has 2 aliphatic heterocycles. The molecule has 2 aromatic rings. The molecule has 0 aliphatic carbocycles. The number of amides is 2. The maximum absolute atomic E-state index is 14.3. The highest BCUT2D eigenvalue weighted by Crippen LogP contribution is 2.33. The van der Waals surface area contributed by atoms with Gasteiger partial charge in [-0.15, -0.1) is 0 Å². The van der Waals surface area contributed by atoms with Crippen LogP contribution in [0.25, 0.3) is 0 Å². The Labute approximate surface area is 205 Å². The minimum atomic E-state index is -3.39. The Balaban J connectivity index is 1.58. The molecule has 1 atom stereocenters. The number of rotatable bonds is 6. The van der Waals surface area contributed by atoms with Gasteiger partial charge in [0.2, 0.25) is 5.91 Å². The molecule has 8 nitrogen and oxygen atoms in total. The van der Waals surface area contributed by atoms with Crippen molar-refractivity contribution in [2.45, 2.75) is 57.6 Å². The van der Waals surface area contributed by atoms with Crippen LogP contribution < -0.4 is 10.1 Å². The molecule has 2 amide bonds. The summed E-state index contributed by atoms with van der Waals surface area (Å²) in [4.78, 5) is 37.4. The number of aromatic nitrogens is 2. The Hall–Kier alpha value is -3.44. The van der Waals surface area contributed by atoms with Crippen LogP contribution >= 0.6 is 0 Å². The van der Waals surface area contributed by atoms with Crippen molar-refractivity contribution in [1.82, 2.24) is 19.8 Å². The van der Waals surface area contributed by atoms with Crippen LogP contribution in [0.1, 0.15) is 48.7 Å². The standard InChI is InChI=1S/C24H27F4N5O3/c1-15-5-6-18(30-19-13-16(8-10-29-19)36-23(2,25)26)31-20(15)22(35)33-14-24(27,28)9-7-17(33)21(34)32-11-3-4-12-32/h5-6,8,10,13,17H,3-4,7,9,11-12,14H2,1-2H3,(H,29,30,31). The summed E-state index contributed by atoms with van der Waals surface area (Å²) in [7, 11) is 0. The van der Waals surface area contributed by atoms with Crippen LogP contribution in [0.3, 0.4) is 0 Å². The van der Waals surface area contributed by atoms with E-state index >= 15 is 0 Å². The largest absolute Gasteiger partial charge is 0.433 e. The normalized spacial score (nSPS) is 19.8. The third kappa shape index (κ3) is 6.03. The van der Waals surface area contributed by atoms with Crippen molar-refractivity contribution in [2.75, 3.05) is 25.0 Å². The predicted octanol–water partition coefficient (Wildman–Crippen LogP) is 4.38. The van der Waals surface area contributed by atoms with Crippen LogP contribution in [0.5, 0.6) is 5.75 Å². The molecule has 12 heteroatoms. The number of pyridine rings is 2. The molecule has 36 heavy (non-hydrogen) atoms. The summed E-state index contributed by atoms with van der Waals surface area (Å²) in [5.41, 5.74) is 0.340. The number of nitrogens with one attached hydrogen (secondary N) is 1. The van der Waals surface area contributed by atoms with Gasteiger partial charge in [-0.2, -0.15) is 8.78 Å². The second kappa shape index (κ2) is 9.90. The van der Waals surface area contributed by atoms with Crippen molar-refractivity contribution < 1.29 is 31.9 Å². The lowest BCUT2D eigenvalue weighted by molar-refractivity contribution is -0.159. The van der Waals surface area contributed by atoms with Crippen molar-refractivity contribution in [3.8, 4) is 5.75 Å². The monoisotopic (exact) mass is 509 g/mol. The zero-order valence-electron chi connectivity index (χ0n) is 19.9. The van der Waals surface area contributed by atoms with Crippen LogP contribution in [0, 0.1) is 6.92 Å². The topological polar surface area (TPSA) is 87.7 Å². The number of hydrogen-bond acceptors (Lipinski definition) is 6. The van der Waals surface area contributed by atoms with Gasteiger partial charge in [-0.1, -0.05) is 6.07 Å². The highest BCUT2D eigenvalue weighted by molar-refractivity contribution is 5.97. The van der Waals surface area contributed by atoms with Crippen molar-refractivity contribution in [1.29, 1.82) is 0 Å². The van der Waals surface area contributed by atoms with Gasteiger partial charge in [0.05, 0.1) is 6.54 Å². The zero-order valence-corrected chi connectivity index (χ0v) is 19.9. The third-order valence-corrected chi connectivity index (χ3v) is 6.11. The molecule has 4 rings (SSSR count).